The lowest BCUT2D eigenvalue weighted by atomic mass is 9.84. The molecule has 0 aromatic carbocycles. The molecule has 14 heavy (non-hydrogen) atoms. The molecular formula is C12H25NO. The lowest BCUT2D eigenvalue weighted by molar-refractivity contribution is 0.0401. The molecule has 0 heterocycles. The molecule has 1 saturated carbocycles. The van der Waals surface area contributed by atoms with E-state index in [0.717, 1.165) is 13.0 Å². The Morgan fingerprint density at radius 2 is 1.93 bits per heavy atom. The summed E-state index contributed by atoms with van der Waals surface area (Å²) < 4.78 is 5.68. The molecular weight excluding hydrogens is 174 g/mol. The maximum Gasteiger partial charge on any atom is 0.0623 e. The van der Waals surface area contributed by atoms with E-state index in [9.17, 15) is 0 Å². The third kappa shape index (κ3) is 3.97. The monoisotopic (exact) mass is 199 g/mol. The molecule has 1 aliphatic rings. The van der Waals surface area contributed by atoms with Gasteiger partial charge in [0, 0.05) is 6.04 Å². The molecule has 0 aliphatic heterocycles. The highest BCUT2D eigenvalue weighted by molar-refractivity contribution is 4.76. The Morgan fingerprint density at radius 1 is 1.29 bits per heavy atom. The predicted molar refractivity (Wildman–Crippen MR) is 60.3 cm³/mol. The van der Waals surface area contributed by atoms with E-state index < -0.39 is 0 Å². The lowest BCUT2D eigenvalue weighted by Gasteiger charge is -2.28. The molecule has 1 fully saturated rings. The van der Waals surface area contributed by atoms with Crippen molar-refractivity contribution < 1.29 is 4.74 Å². The molecule has 0 saturated heterocycles. The van der Waals surface area contributed by atoms with Crippen molar-refractivity contribution in [1.82, 2.24) is 0 Å². The van der Waals surface area contributed by atoms with Gasteiger partial charge in [-0.3, -0.25) is 0 Å². The Kier molecular flexibility index (Phi) is 5.49. The van der Waals surface area contributed by atoms with Gasteiger partial charge in [-0.25, -0.2) is 0 Å². The summed E-state index contributed by atoms with van der Waals surface area (Å²) in [6, 6.07) is 0.268. The van der Waals surface area contributed by atoms with Crippen molar-refractivity contribution in [2.75, 3.05) is 6.61 Å². The molecule has 0 amide bonds. The first-order chi connectivity index (χ1) is 6.74. The molecule has 84 valence electrons. The van der Waals surface area contributed by atoms with Crippen molar-refractivity contribution in [1.29, 1.82) is 0 Å². The molecule has 0 bridgehead atoms. The highest BCUT2D eigenvalue weighted by Crippen LogP contribution is 2.25. The fourth-order valence-corrected chi connectivity index (χ4v) is 2.09. The van der Waals surface area contributed by atoms with E-state index in [1.54, 1.807) is 0 Å². The second-order valence-corrected chi connectivity index (χ2v) is 4.61. The van der Waals surface area contributed by atoms with Crippen LogP contribution in [0.5, 0.6) is 0 Å². The maximum atomic E-state index is 6.13. The summed E-state index contributed by atoms with van der Waals surface area (Å²) in [5, 5.41) is 0. The zero-order chi connectivity index (χ0) is 10.4. The second kappa shape index (κ2) is 6.41. The van der Waals surface area contributed by atoms with Crippen LogP contribution in [0.4, 0.5) is 0 Å². The zero-order valence-electron chi connectivity index (χ0n) is 9.67. The van der Waals surface area contributed by atoms with Crippen molar-refractivity contribution in [2.24, 2.45) is 11.7 Å². The quantitative estimate of drug-likeness (QED) is 0.739. The Bertz CT molecular complexity index is 143. The molecule has 2 heteroatoms. The lowest BCUT2D eigenvalue weighted by Crippen LogP contribution is -2.36. The minimum atomic E-state index is 0.268. The van der Waals surface area contributed by atoms with E-state index >= 15 is 0 Å². The average Bonchev–Trinajstić information content (AvgIpc) is 2.26. The molecule has 0 spiro atoms. The van der Waals surface area contributed by atoms with Gasteiger partial charge in [-0.05, 0) is 32.1 Å². The number of hydrogen-bond acceptors (Lipinski definition) is 2. The van der Waals surface area contributed by atoms with Crippen LogP contribution in [0.15, 0.2) is 0 Å². The van der Waals surface area contributed by atoms with Crippen LogP contribution in [0.1, 0.15) is 52.4 Å². The largest absolute Gasteiger partial charge is 0.377 e. The normalized spacial score (nSPS) is 23.4. The van der Waals surface area contributed by atoms with Gasteiger partial charge in [-0.1, -0.05) is 26.2 Å². The minimum Gasteiger partial charge on any atom is -0.377 e. The first-order valence-corrected chi connectivity index (χ1v) is 6.11. The van der Waals surface area contributed by atoms with Crippen molar-refractivity contribution >= 4 is 0 Å². The van der Waals surface area contributed by atoms with E-state index in [-0.39, 0.29) is 6.04 Å². The maximum absolute atomic E-state index is 6.13. The highest BCUT2D eigenvalue weighted by Gasteiger charge is 2.20. The van der Waals surface area contributed by atoms with Gasteiger partial charge in [0.2, 0.25) is 0 Å². The van der Waals surface area contributed by atoms with Crippen LogP contribution in [-0.4, -0.2) is 18.8 Å². The third-order valence-corrected chi connectivity index (χ3v) is 3.40. The standard InChI is InChI=1S/C12H25NO/c1-3-10(2)14-9-12(13)11-7-5-4-6-8-11/h10-12H,3-9,13H2,1-2H3. The van der Waals surface area contributed by atoms with Crippen molar-refractivity contribution in [3.8, 4) is 0 Å². The van der Waals surface area contributed by atoms with Crippen LogP contribution >= 0.6 is 0 Å². The molecule has 0 aromatic rings. The summed E-state index contributed by atoms with van der Waals surface area (Å²) >= 11 is 0. The van der Waals surface area contributed by atoms with Crippen molar-refractivity contribution in [3.63, 3.8) is 0 Å². The first kappa shape index (κ1) is 12.0. The van der Waals surface area contributed by atoms with Crippen LogP contribution in [0.25, 0.3) is 0 Å². The van der Waals surface area contributed by atoms with E-state index in [4.69, 9.17) is 10.5 Å². The van der Waals surface area contributed by atoms with Gasteiger partial charge in [0.15, 0.2) is 0 Å². The average molecular weight is 199 g/mol. The van der Waals surface area contributed by atoms with E-state index in [2.05, 4.69) is 13.8 Å². The van der Waals surface area contributed by atoms with Crippen LogP contribution in [0.2, 0.25) is 0 Å². The summed E-state index contributed by atoms with van der Waals surface area (Å²) in [4.78, 5) is 0. The van der Waals surface area contributed by atoms with Gasteiger partial charge in [0.1, 0.15) is 0 Å². The number of rotatable bonds is 5. The van der Waals surface area contributed by atoms with Gasteiger partial charge in [0.05, 0.1) is 12.7 Å². The Labute approximate surface area is 88.2 Å². The van der Waals surface area contributed by atoms with Crippen LogP contribution < -0.4 is 5.73 Å². The van der Waals surface area contributed by atoms with Gasteiger partial charge < -0.3 is 10.5 Å². The van der Waals surface area contributed by atoms with E-state index in [1.165, 1.54) is 32.1 Å². The van der Waals surface area contributed by atoms with Gasteiger partial charge in [-0.15, -0.1) is 0 Å². The number of hydrogen-bond donors (Lipinski definition) is 1. The molecule has 2 atom stereocenters. The van der Waals surface area contributed by atoms with Gasteiger partial charge in [0.25, 0.3) is 0 Å². The van der Waals surface area contributed by atoms with Gasteiger partial charge >= 0.3 is 0 Å². The number of ether oxygens (including phenoxy) is 1. The topological polar surface area (TPSA) is 35.2 Å². The van der Waals surface area contributed by atoms with Crippen LogP contribution in [-0.2, 0) is 4.74 Å². The Balaban J connectivity index is 2.16. The fraction of sp³-hybridized carbons (Fsp3) is 1.00. The van der Waals surface area contributed by atoms with Crippen LogP contribution in [0, 0.1) is 5.92 Å². The van der Waals surface area contributed by atoms with Crippen LogP contribution in [0.3, 0.4) is 0 Å². The summed E-state index contributed by atoms with van der Waals surface area (Å²) in [7, 11) is 0. The molecule has 0 radical (unpaired) electrons. The SMILES string of the molecule is CCC(C)OCC(N)C1CCCCC1. The van der Waals surface area contributed by atoms with Gasteiger partial charge in [-0.2, -0.15) is 0 Å². The molecule has 2 unspecified atom stereocenters. The fourth-order valence-electron chi connectivity index (χ4n) is 2.09. The Morgan fingerprint density at radius 3 is 2.50 bits per heavy atom. The molecule has 2 N–H and O–H groups in total. The zero-order valence-corrected chi connectivity index (χ0v) is 9.67. The second-order valence-electron chi connectivity index (χ2n) is 4.61. The first-order valence-electron chi connectivity index (χ1n) is 6.11. The van der Waals surface area contributed by atoms with E-state index in [1.807, 2.05) is 0 Å². The third-order valence-electron chi connectivity index (χ3n) is 3.40. The molecule has 2 nitrogen and oxygen atoms in total. The molecule has 0 aromatic heterocycles. The smallest absolute Gasteiger partial charge is 0.0623 e. The summed E-state index contributed by atoms with van der Waals surface area (Å²) in [6.45, 7) is 5.02. The summed E-state index contributed by atoms with van der Waals surface area (Å²) in [5.41, 5.74) is 6.13. The molecule has 1 rings (SSSR count). The summed E-state index contributed by atoms with van der Waals surface area (Å²) in [5.74, 6) is 0.716. The highest BCUT2D eigenvalue weighted by atomic mass is 16.5. The Hall–Kier alpha value is -0.0800. The van der Waals surface area contributed by atoms with Crippen molar-refractivity contribution in [2.45, 2.75) is 64.5 Å². The summed E-state index contributed by atoms with van der Waals surface area (Å²) in [6.07, 6.45) is 8.19. The molecule has 1 aliphatic carbocycles. The minimum absolute atomic E-state index is 0.268. The van der Waals surface area contributed by atoms with E-state index in [0.29, 0.717) is 12.0 Å². The predicted octanol–water partition coefficient (Wildman–Crippen LogP) is 2.71. The van der Waals surface area contributed by atoms with Crippen molar-refractivity contribution in [3.05, 3.63) is 0 Å². The number of nitrogens with two attached hydrogens (primary N) is 1.